The van der Waals surface area contributed by atoms with Gasteiger partial charge >= 0.3 is 0 Å². The molecule has 2 heterocycles. The Kier molecular flexibility index (Phi) is 5.10. The molecule has 0 radical (unpaired) electrons. The van der Waals surface area contributed by atoms with E-state index in [4.69, 9.17) is 6.42 Å². The summed E-state index contributed by atoms with van der Waals surface area (Å²) in [6.45, 7) is 4.58. The average Bonchev–Trinajstić information content (AvgIpc) is 3.25. The molecule has 116 valence electrons. The number of hydrogen-bond acceptors (Lipinski definition) is 5. The van der Waals surface area contributed by atoms with Crippen LogP contribution in [0.15, 0.2) is 28.6 Å². The van der Waals surface area contributed by atoms with Gasteiger partial charge in [0.25, 0.3) is 5.91 Å². The number of pyridine rings is 1. The molecule has 0 atom stereocenters. The third-order valence-corrected chi connectivity index (χ3v) is 3.33. The number of carbonyl (C=O) groups excluding carboxylic acids is 1. The highest BCUT2D eigenvalue weighted by Crippen LogP contribution is 2.35. The van der Waals surface area contributed by atoms with E-state index in [2.05, 4.69) is 31.8 Å². The Bertz CT molecular complexity index is 580. The SMILES string of the molecule is C#CCCC1(CCNC(=O)c2ccc(NC(C)C)nc2)N=N1. The Morgan fingerprint density at radius 2 is 2.14 bits per heavy atom. The van der Waals surface area contributed by atoms with E-state index in [0.717, 1.165) is 12.2 Å². The normalized spacial score (nSPS) is 14.5. The highest BCUT2D eigenvalue weighted by molar-refractivity contribution is 5.94. The van der Waals surface area contributed by atoms with Gasteiger partial charge in [-0.25, -0.2) is 4.98 Å². The number of hydrogen-bond donors (Lipinski definition) is 2. The van der Waals surface area contributed by atoms with E-state index in [1.54, 1.807) is 18.3 Å². The Hall–Kier alpha value is -2.42. The molecule has 1 aromatic heterocycles. The van der Waals surface area contributed by atoms with Crippen molar-refractivity contribution < 1.29 is 4.79 Å². The second-order valence-corrected chi connectivity index (χ2v) is 5.62. The van der Waals surface area contributed by atoms with E-state index in [-0.39, 0.29) is 11.6 Å². The molecule has 0 aliphatic carbocycles. The summed E-state index contributed by atoms with van der Waals surface area (Å²) < 4.78 is 0. The molecule has 1 aliphatic heterocycles. The van der Waals surface area contributed by atoms with Gasteiger partial charge in [0.1, 0.15) is 5.82 Å². The molecule has 2 N–H and O–H groups in total. The first-order valence-electron chi connectivity index (χ1n) is 7.43. The van der Waals surface area contributed by atoms with Gasteiger partial charge in [0.15, 0.2) is 5.66 Å². The van der Waals surface area contributed by atoms with Crippen molar-refractivity contribution in [2.45, 2.75) is 44.8 Å². The van der Waals surface area contributed by atoms with Crippen molar-refractivity contribution in [2.75, 3.05) is 11.9 Å². The summed E-state index contributed by atoms with van der Waals surface area (Å²) in [7, 11) is 0. The Morgan fingerprint density at radius 1 is 1.36 bits per heavy atom. The van der Waals surface area contributed by atoms with Gasteiger partial charge in [0.2, 0.25) is 0 Å². The summed E-state index contributed by atoms with van der Waals surface area (Å²) in [6.07, 6.45) is 8.89. The van der Waals surface area contributed by atoms with Crippen LogP contribution >= 0.6 is 0 Å². The van der Waals surface area contributed by atoms with E-state index in [0.29, 0.717) is 31.0 Å². The van der Waals surface area contributed by atoms with Crippen molar-refractivity contribution in [2.24, 2.45) is 10.2 Å². The maximum absolute atomic E-state index is 12.0. The number of nitrogens with one attached hydrogen (secondary N) is 2. The molecule has 22 heavy (non-hydrogen) atoms. The second kappa shape index (κ2) is 7.03. The van der Waals surface area contributed by atoms with Gasteiger partial charge in [-0.3, -0.25) is 4.79 Å². The largest absolute Gasteiger partial charge is 0.368 e. The summed E-state index contributed by atoms with van der Waals surface area (Å²) in [5, 5.41) is 14.1. The van der Waals surface area contributed by atoms with Crippen molar-refractivity contribution in [1.82, 2.24) is 10.3 Å². The summed E-state index contributed by atoms with van der Waals surface area (Å²) in [5.74, 6) is 3.20. The number of nitrogens with zero attached hydrogens (tertiary/aromatic N) is 3. The number of anilines is 1. The van der Waals surface area contributed by atoms with Crippen LogP contribution in [0.2, 0.25) is 0 Å². The molecule has 2 rings (SSSR count). The zero-order chi connectivity index (χ0) is 16.0. The topological polar surface area (TPSA) is 78.7 Å². The van der Waals surface area contributed by atoms with Crippen molar-refractivity contribution in [3.05, 3.63) is 23.9 Å². The minimum Gasteiger partial charge on any atom is -0.368 e. The highest BCUT2D eigenvalue weighted by atomic mass is 16.1. The van der Waals surface area contributed by atoms with E-state index in [1.165, 1.54) is 0 Å². The maximum atomic E-state index is 12.0. The predicted molar refractivity (Wildman–Crippen MR) is 85.6 cm³/mol. The van der Waals surface area contributed by atoms with Gasteiger partial charge in [-0.1, -0.05) is 0 Å². The second-order valence-electron chi connectivity index (χ2n) is 5.62. The van der Waals surface area contributed by atoms with Crippen LogP contribution in [0.4, 0.5) is 5.82 Å². The van der Waals surface area contributed by atoms with Gasteiger partial charge in [0, 0.05) is 38.0 Å². The van der Waals surface area contributed by atoms with Gasteiger partial charge < -0.3 is 10.6 Å². The van der Waals surface area contributed by atoms with Crippen LogP contribution in [-0.2, 0) is 0 Å². The van der Waals surface area contributed by atoms with Crippen molar-refractivity contribution in [3.63, 3.8) is 0 Å². The van der Waals surface area contributed by atoms with E-state index >= 15 is 0 Å². The molecular formula is C16H21N5O. The zero-order valence-corrected chi connectivity index (χ0v) is 13.0. The first kappa shape index (κ1) is 16.0. The van der Waals surface area contributed by atoms with Crippen LogP contribution in [0, 0.1) is 12.3 Å². The van der Waals surface area contributed by atoms with Crippen molar-refractivity contribution in [1.29, 1.82) is 0 Å². The predicted octanol–water partition coefficient (Wildman–Crippen LogP) is 2.60. The van der Waals surface area contributed by atoms with Gasteiger partial charge in [-0.15, -0.1) is 12.3 Å². The van der Waals surface area contributed by atoms with Crippen LogP contribution in [0.25, 0.3) is 0 Å². The van der Waals surface area contributed by atoms with Crippen molar-refractivity contribution >= 4 is 11.7 Å². The fourth-order valence-electron chi connectivity index (χ4n) is 2.06. The lowest BCUT2D eigenvalue weighted by Gasteiger charge is -2.11. The highest BCUT2D eigenvalue weighted by Gasteiger charge is 2.38. The molecule has 0 bridgehead atoms. The molecule has 0 fully saturated rings. The lowest BCUT2D eigenvalue weighted by atomic mass is 10.0. The number of terminal acetylenes is 1. The van der Waals surface area contributed by atoms with Gasteiger partial charge in [-0.2, -0.15) is 10.2 Å². The van der Waals surface area contributed by atoms with Crippen molar-refractivity contribution in [3.8, 4) is 12.3 Å². The molecular weight excluding hydrogens is 278 g/mol. The number of aromatic nitrogens is 1. The van der Waals surface area contributed by atoms with E-state index in [1.807, 2.05) is 13.8 Å². The lowest BCUT2D eigenvalue weighted by molar-refractivity contribution is 0.0951. The van der Waals surface area contributed by atoms with E-state index < -0.39 is 0 Å². The minimum absolute atomic E-state index is 0.142. The monoisotopic (exact) mass is 299 g/mol. The lowest BCUT2D eigenvalue weighted by Crippen LogP contribution is -2.28. The quantitative estimate of drug-likeness (QED) is 0.724. The average molecular weight is 299 g/mol. The Balaban J connectivity index is 1.77. The molecule has 6 nitrogen and oxygen atoms in total. The zero-order valence-electron chi connectivity index (χ0n) is 13.0. The van der Waals surface area contributed by atoms with E-state index in [9.17, 15) is 4.79 Å². The standard InChI is InChI=1S/C16H21N5O/c1-4-5-8-16(20-21-16)9-10-17-15(22)13-6-7-14(18-11-13)19-12(2)3/h1,6-7,11-12H,5,8-10H2,2-3H3,(H,17,22)(H,18,19). The molecule has 1 aromatic rings. The first-order chi connectivity index (χ1) is 10.5. The molecule has 1 amide bonds. The molecule has 0 aromatic carbocycles. The fraction of sp³-hybridized carbons (Fsp3) is 0.500. The molecule has 6 heteroatoms. The van der Waals surface area contributed by atoms with Crippen LogP contribution in [0.5, 0.6) is 0 Å². The summed E-state index contributed by atoms with van der Waals surface area (Å²) >= 11 is 0. The molecule has 0 saturated carbocycles. The molecule has 0 unspecified atom stereocenters. The third-order valence-electron chi connectivity index (χ3n) is 3.33. The number of rotatable bonds is 8. The first-order valence-corrected chi connectivity index (χ1v) is 7.43. The summed E-state index contributed by atoms with van der Waals surface area (Å²) in [4.78, 5) is 16.3. The fourth-order valence-corrected chi connectivity index (χ4v) is 2.06. The number of carbonyl (C=O) groups is 1. The Labute approximate surface area is 130 Å². The third kappa shape index (κ3) is 4.55. The van der Waals surface area contributed by atoms with Crippen LogP contribution < -0.4 is 10.6 Å². The summed E-state index contributed by atoms with van der Waals surface area (Å²) in [6, 6.07) is 3.86. The van der Waals surface area contributed by atoms with Gasteiger partial charge in [-0.05, 0) is 26.0 Å². The molecule has 0 spiro atoms. The minimum atomic E-state index is -0.358. The maximum Gasteiger partial charge on any atom is 0.252 e. The Morgan fingerprint density at radius 3 is 2.68 bits per heavy atom. The molecule has 0 saturated heterocycles. The molecule has 1 aliphatic rings. The van der Waals surface area contributed by atoms with Gasteiger partial charge in [0.05, 0.1) is 5.56 Å². The van der Waals surface area contributed by atoms with Crippen LogP contribution in [-0.4, -0.2) is 29.1 Å². The number of amides is 1. The van der Waals surface area contributed by atoms with Crippen LogP contribution in [0.1, 0.15) is 43.5 Å². The smallest absolute Gasteiger partial charge is 0.252 e. The van der Waals surface area contributed by atoms with Crippen LogP contribution in [0.3, 0.4) is 0 Å². The summed E-state index contributed by atoms with van der Waals surface area (Å²) in [5.41, 5.74) is 0.180.